The van der Waals surface area contributed by atoms with Gasteiger partial charge in [-0.2, -0.15) is 0 Å². The quantitative estimate of drug-likeness (QED) is 0.934. The Labute approximate surface area is 127 Å². The number of amides is 1. The van der Waals surface area contributed by atoms with Crippen molar-refractivity contribution in [3.8, 4) is 0 Å². The highest BCUT2D eigenvalue weighted by atomic mass is 16.5. The summed E-state index contributed by atoms with van der Waals surface area (Å²) in [6.07, 6.45) is 3.14. The molecule has 22 heavy (non-hydrogen) atoms. The van der Waals surface area contributed by atoms with Crippen LogP contribution in [0.15, 0.2) is 27.6 Å². The Morgan fingerprint density at radius 2 is 2.32 bits per heavy atom. The minimum Gasteiger partial charge on any atom is -0.351 e. The summed E-state index contributed by atoms with van der Waals surface area (Å²) in [7, 11) is 0. The maximum Gasteiger partial charge on any atom is 0.345 e. The van der Waals surface area contributed by atoms with E-state index in [0.717, 1.165) is 18.5 Å². The lowest BCUT2D eigenvalue weighted by Crippen LogP contribution is -2.31. The second-order valence-corrected chi connectivity index (χ2v) is 5.76. The highest BCUT2D eigenvalue weighted by molar-refractivity contribution is 5.92. The second kappa shape index (κ2) is 5.75. The van der Waals surface area contributed by atoms with Crippen LogP contribution in [0.4, 0.5) is 0 Å². The van der Waals surface area contributed by atoms with E-state index in [1.807, 2.05) is 13.8 Å². The van der Waals surface area contributed by atoms with Gasteiger partial charge in [-0.25, -0.2) is 9.78 Å². The average molecular weight is 302 g/mol. The standard InChI is InChI=1S/C15H18N4O3/c1-9(2)11-8-13(22-18-11)14(20)19-7-3-4-12(19)10-5-6-16-15(21)17-10/h5-6,8-9,12H,3-4,7H2,1-2H3,(H,16,17,21)/t12-/m0/s1. The van der Waals surface area contributed by atoms with Crippen molar-refractivity contribution in [2.75, 3.05) is 6.54 Å². The fourth-order valence-corrected chi connectivity index (χ4v) is 2.71. The van der Waals surface area contributed by atoms with Crippen LogP contribution in [0.5, 0.6) is 0 Å². The minimum absolute atomic E-state index is 0.157. The Morgan fingerprint density at radius 3 is 3.00 bits per heavy atom. The summed E-state index contributed by atoms with van der Waals surface area (Å²) < 4.78 is 5.18. The normalized spacial score (nSPS) is 18.1. The van der Waals surface area contributed by atoms with Crippen LogP contribution < -0.4 is 5.69 Å². The van der Waals surface area contributed by atoms with Crippen molar-refractivity contribution in [2.45, 2.75) is 38.6 Å². The zero-order valence-electron chi connectivity index (χ0n) is 12.6. The fraction of sp³-hybridized carbons (Fsp3) is 0.467. The van der Waals surface area contributed by atoms with Gasteiger partial charge in [-0.1, -0.05) is 19.0 Å². The summed E-state index contributed by atoms with van der Waals surface area (Å²) in [5, 5.41) is 3.93. The first-order chi connectivity index (χ1) is 10.6. The van der Waals surface area contributed by atoms with E-state index in [1.54, 1.807) is 17.0 Å². The molecule has 0 unspecified atom stereocenters. The molecule has 0 aliphatic carbocycles. The Kier molecular flexibility index (Phi) is 3.79. The molecule has 0 aromatic carbocycles. The predicted octanol–water partition coefficient (Wildman–Crippen LogP) is 1.86. The monoisotopic (exact) mass is 302 g/mol. The molecule has 3 rings (SSSR count). The van der Waals surface area contributed by atoms with E-state index in [2.05, 4.69) is 15.1 Å². The maximum atomic E-state index is 12.6. The van der Waals surface area contributed by atoms with Crippen LogP contribution in [0.3, 0.4) is 0 Å². The third kappa shape index (κ3) is 2.66. The number of aromatic amines is 1. The van der Waals surface area contributed by atoms with Gasteiger partial charge in [0.1, 0.15) is 0 Å². The molecule has 7 heteroatoms. The largest absolute Gasteiger partial charge is 0.351 e. The van der Waals surface area contributed by atoms with E-state index in [4.69, 9.17) is 4.52 Å². The number of hydrogen-bond acceptors (Lipinski definition) is 5. The van der Waals surface area contributed by atoms with Crippen molar-refractivity contribution in [1.82, 2.24) is 20.0 Å². The summed E-state index contributed by atoms with van der Waals surface area (Å²) in [5.41, 5.74) is 1.06. The van der Waals surface area contributed by atoms with Gasteiger partial charge in [-0.3, -0.25) is 4.79 Å². The Balaban J connectivity index is 1.86. The number of carbonyl (C=O) groups excluding carboxylic acids is 1. The number of nitrogens with one attached hydrogen (secondary N) is 1. The van der Waals surface area contributed by atoms with Gasteiger partial charge in [0.15, 0.2) is 0 Å². The van der Waals surface area contributed by atoms with Gasteiger partial charge in [-0.15, -0.1) is 0 Å². The Hall–Kier alpha value is -2.44. The van der Waals surface area contributed by atoms with Gasteiger partial charge >= 0.3 is 5.69 Å². The molecule has 2 aromatic heterocycles. The van der Waals surface area contributed by atoms with Crippen LogP contribution in [-0.4, -0.2) is 32.5 Å². The van der Waals surface area contributed by atoms with E-state index in [0.29, 0.717) is 12.2 Å². The van der Waals surface area contributed by atoms with Crippen molar-refractivity contribution in [2.24, 2.45) is 0 Å². The van der Waals surface area contributed by atoms with E-state index in [1.165, 1.54) is 6.20 Å². The molecule has 0 bridgehead atoms. The number of likely N-dealkylation sites (tertiary alicyclic amines) is 1. The summed E-state index contributed by atoms with van der Waals surface area (Å²) in [6, 6.07) is 3.27. The smallest absolute Gasteiger partial charge is 0.345 e. The molecule has 0 saturated carbocycles. The average Bonchev–Trinajstić information content (AvgIpc) is 3.16. The predicted molar refractivity (Wildman–Crippen MR) is 78.5 cm³/mol. The molecule has 0 spiro atoms. The minimum atomic E-state index is -0.404. The van der Waals surface area contributed by atoms with Crippen LogP contribution in [-0.2, 0) is 0 Å². The molecule has 1 amide bonds. The first kappa shape index (κ1) is 14.5. The zero-order valence-corrected chi connectivity index (χ0v) is 12.6. The van der Waals surface area contributed by atoms with Gasteiger partial charge in [0, 0.05) is 24.5 Å². The third-order valence-corrected chi connectivity index (χ3v) is 3.90. The van der Waals surface area contributed by atoms with Gasteiger partial charge in [0.2, 0.25) is 5.76 Å². The second-order valence-electron chi connectivity index (χ2n) is 5.76. The van der Waals surface area contributed by atoms with Crippen LogP contribution in [0.1, 0.15) is 60.6 Å². The van der Waals surface area contributed by atoms with Gasteiger partial charge in [0.05, 0.1) is 11.7 Å². The van der Waals surface area contributed by atoms with E-state index < -0.39 is 5.69 Å². The summed E-state index contributed by atoms with van der Waals surface area (Å²) in [4.78, 5) is 32.0. The van der Waals surface area contributed by atoms with Crippen LogP contribution in [0.25, 0.3) is 0 Å². The first-order valence-electron chi connectivity index (χ1n) is 7.39. The first-order valence-corrected chi connectivity index (χ1v) is 7.39. The lowest BCUT2D eigenvalue weighted by Gasteiger charge is -2.23. The van der Waals surface area contributed by atoms with Gasteiger partial charge in [-0.05, 0) is 24.8 Å². The highest BCUT2D eigenvalue weighted by Gasteiger charge is 2.33. The SMILES string of the molecule is CC(C)c1cc(C(=O)N2CCC[C@H]2c2ccnc(=O)[nH]2)on1. The lowest BCUT2D eigenvalue weighted by atomic mass is 10.1. The van der Waals surface area contributed by atoms with Crippen molar-refractivity contribution in [3.05, 3.63) is 46.0 Å². The van der Waals surface area contributed by atoms with Crippen LogP contribution in [0, 0.1) is 0 Å². The summed E-state index contributed by atoms with van der Waals surface area (Å²) in [6.45, 7) is 4.62. The molecular weight excluding hydrogens is 284 g/mol. The molecule has 1 saturated heterocycles. The molecule has 1 N–H and O–H groups in total. The number of aromatic nitrogens is 3. The number of carbonyl (C=O) groups is 1. The van der Waals surface area contributed by atoms with E-state index >= 15 is 0 Å². The van der Waals surface area contributed by atoms with Crippen LogP contribution in [0.2, 0.25) is 0 Å². The zero-order chi connectivity index (χ0) is 15.7. The molecule has 1 aliphatic heterocycles. The molecule has 1 atom stereocenters. The lowest BCUT2D eigenvalue weighted by molar-refractivity contribution is 0.0690. The van der Waals surface area contributed by atoms with Crippen LogP contribution >= 0.6 is 0 Å². The van der Waals surface area contributed by atoms with Crippen molar-refractivity contribution >= 4 is 5.91 Å². The number of nitrogens with zero attached hydrogens (tertiary/aromatic N) is 3. The number of H-pyrrole nitrogens is 1. The highest BCUT2D eigenvalue weighted by Crippen LogP contribution is 2.31. The number of hydrogen-bond donors (Lipinski definition) is 1. The molecule has 0 radical (unpaired) electrons. The summed E-state index contributed by atoms with van der Waals surface area (Å²) in [5.74, 6) is 0.253. The molecule has 1 fully saturated rings. The van der Waals surface area contributed by atoms with E-state index in [9.17, 15) is 9.59 Å². The van der Waals surface area contributed by atoms with Crippen molar-refractivity contribution in [1.29, 1.82) is 0 Å². The molecular formula is C15H18N4O3. The van der Waals surface area contributed by atoms with E-state index in [-0.39, 0.29) is 23.6 Å². The topological polar surface area (TPSA) is 92.1 Å². The van der Waals surface area contributed by atoms with Gasteiger partial charge < -0.3 is 14.4 Å². The Morgan fingerprint density at radius 1 is 1.50 bits per heavy atom. The molecule has 2 aromatic rings. The molecule has 1 aliphatic rings. The molecule has 3 heterocycles. The number of rotatable bonds is 3. The Bertz CT molecular complexity index is 734. The van der Waals surface area contributed by atoms with Crippen molar-refractivity contribution < 1.29 is 9.32 Å². The van der Waals surface area contributed by atoms with Crippen molar-refractivity contribution in [3.63, 3.8) is 0 Å². The third-order valence-electron chi connectivity index (χ3n) is 3.90. The maximum absolute atomic E-state index is 12.6. The molecule has 7 nitrogen and oxygen atoms in total. The fourth-order valence-electron chi connectivity index (χ4n) is 2.71. The molecule has 116 valence electrons. The summed E-state index contributed by atoms with van der Waals surface area (Å²) >= 11 is 0. The van der Waals surface area contributed by atoms with Gasteiger partial charge in [0.25, 0.3) is 5.91 Å².